The van der Waals surface area contributed by atoms with Gasteiger partial charge in [0.1, 0.15) is 5.75 Å². The predicted octanol–water partition coefficient (Wildman–Crippen LogP) is 3.03. The largest absolute Gasteiger partial charge is 0.496 e. The minimum Gasteiger partial charge on any atom is -0.496 e. The van der Waals surface area contributed by atoms with E-state index in [0.29, 0.717) is 11.6 Å². The number of hydrogen-bond donors (Lipinski definition) is 1. The summed E-state index contributed by atoms with van der Waals surface area (Å²) in [6.07, 6.45) is 0.112. The minimum absolute atomic E-state index is 0.0523. The summed E-state index contributed by atoms with van der Waals surface area (Å²) in [5, 5.41) is 9.51. The van der Waals surface area contributed by atoms with Crippen molar-refractivity contribution in [3.8, 4) is 5.75 Å². The quantitative estimate of drug-likeness (QED) is 0.836. The fourth-order valence-electron chi connectivity index (χ4n) is 2.05. The van der Waals surface area contributed by atoms with Crippen LogP contribution in [0, 0.1) is 0 Å². The van der Waals surface area contributed by atoms with Crippen LogP contribution in [0.2, 0.25) is 5.02 Å². The molecule has 0 aliphatic heterocycles. The normalized spacial score (nSPS) is 12.5. The third-order valence-electron chi connectivity index (χ3n) is 3.16. The molecule has 0 radical (unpaired) electrons. The van der Waals surface area contributed by atoms with E-state index in [4.69, 9.17) is 21.4 Å². The molecule has 0 spiro atoms. The van der Waals surface area contributed by atoms with Gasteiger partial charge in [-0.25, -0.2) is 0 Å². The molecule has 1 atom stereocenters. The van der Waals surface area contributed by atoms with Crippen LogP contribution >= 0.6 is 11.6 Å². The van der Waals surface area contributed by atoms with E-state index in [1.807, 2.05) is 32.0 Å². The lowest BCUT2D eigenvalue weighted by Crippen LogP contribution is -2.34. The van der Waals surface area contributed by atoms with Crippen LogP contribution in [0.3, 0.4) is 0 Å². The first-order chi connectivity index (χ1) is 8.99. The summed E-state index contributed by atoms with van der Waals surface area (Å²) in [6.45, 7) is 5.24. The maximum Gasteiger partial charge on any atom is 0.304 e. The fourth-order valence-corrected chi connectivity index (χ4v) is 2.27. The second-order valence-corrected chi connectivity index (χ2v) is 4.84. The average molecular weight is 286 g/mol. The van der Waals surface area contributed by atoms with Gasteiger partial charge in [-0.1, -0.05) is 24.6 Å². The first-order valence-corrected chi connectivity index (χ1v) is 6.64. The second-order valence-electron chi connectivity index (χ2n) is 4.43. The van der Waals surface area contributed by atoms with Gasteiger partial charge >= 0.3 is 5.97 Å². The molecule has 0 heterocycles. The molecular formula is C14H20ClNO3. The monoisotopic (exact) mass is 285 g/mol. The Hall–Kier alpha value is -1.26. The van der Waals surface area contributed by atoms with Crippen molar-refractivity contribution in [1.82, 2.24) is 4.90 Å². The van der Waals surface area contributed by atoms with E-state index in [9.17, 15) is 4.79 Å². The highest BCUT2D eigenvalue weighted by Crippen LogP contribution is 2.28. The van der Waals surface area contributed by atoms with Crippen molar-refractivity contribution in [3.63, 3.8) is 0 Å². The summed E-state index contributed by atoms with van der Waals surface area (Å²) >= 11 is 6.20. The Labute approximate surface area is 118 Å². The van der Waals surface area contributed by atoms with Crippen LogP contribution in [0.5, 0.6) is 5.75 Å². The molecule has 19 heavy (non-hydrogen) atoms. The van der Waals surface area contributed by atoms with Crippen molar-refractivity contribution >= 4 is 17.6 Å². The molecular weight excluding hydrogens is 266 g/mol. The molecule has 4 nitrogen and oxygen atoms in total. The number of halogens is 1. The molecule has 0 amide bonds. The molecule has 1 N–H and O–H groups in total. The number of benzene rings is 1. The van der Waals surface area contributed by atoms with E-state index in [0.717, 1.165) is 17.9 Å². The summed E-state index contributed by atoms with van der Waals surface area (Å²) in [4.78, 5) is 12.9. The standard InChI is InChI=1S/C14H20ClNO3/c1-4-16(10(2)8-14(17)18)9-11-12(15)6-5-7-13(11)19-3/h5-7,10H,4,8-9H2,1-3H3,(H,17,18). The number of ether oxygens (including phenoxy) is 1. The van der Waals surface area contributed by atoms with E-state index in [1.165, 1.54) is 0 Å². The Bertz CT molecular complexity index is 437. The fraction of sp³-hybridized carbons (Fsp3) is 0.500. The SMILES string of the molecule is CCN(Cc1c(Cl)cccc1OC)C(C)CC(=O)O. The van der Waals surface area contributed by atoms with Crippen LogP contribution in [0.1, 0.15) is 25.8 Å². The lowest BCUT2D eigenvalue weighted by atomic mass is 10.1. The molecule has 0 fully saturated rings. The van der Waals surface area contributed by atoms with E-state index < -0.39 is 5.97 Å². The summed E-state index contributed by atoms with van der Waals surface area (Å²) in [7, 11) is 1.60. The Morgan fingerprint density at radius 1 is 1.53 bits per heavy atom. The van der Waals surface area contributed by atoms with Crippen molar-refractivity contribution in [1.29, 1.82) is 0 Å². The maximum absolute atomic E-state index is 10.8. The lowest BCUT2D eigenvalue weighted by Gasteiger charge is -2.27. The van der Waals surface area contributed by atoms with E-state index in [1.54, 1.807) is 7.11 Å². The van der Waals surface area contributed by atoms with Crippen LogP contribution in [0.4, 0.5) is 0 Å². The Morgan fingerprint density at radius 3 is 2.74 bits per heavy atom. The molecule has 1 unspecified atom stereocenters. The molecule has 0 aromatic heterocycles. The third kappa shape index (κ3) is 4.40. The number of carbonyl (C=O) groups is 1. The van der Waals surface area contributed by atoms with Crippen molar-refractivity contribution in [2.24, 2.45) is 0 Å². The van der Waals surface area contributed by atoms with Gasteiger partial charge in [-0.15, -0.1) is 0 Å². The van der Waals surface area contributed by atoms with Gasteiger partial charge in [0, 0.05) is 23.2 Å². The highest BCUT2D eigenvalue weighted by molar-refractivity contribution is 6.31. The van der Waals surface area contributed by atoms with Gasteiger partial charge < -0.3 is 9.84 Å². The highest BCUT2D eigenvalue weighted by Gasteiger charge is 2.18. The average Bonchev–Trinajstić information content (AvgIpc) is 2.36. The Balaban J connectivity index is 2.89. The predicted molar refractivity (Wildman–Crippen MR) is 75.8 cm³/mol. The second kappa shape index (κ2) is 7.36. The lowest BCUT2D eigenvalue weighted by molar-refractivity contribution is -0.138. The number of hydrogen-bond acceptors (Lipinski definition) is 3. The van der Waals surface area contributed by atoms with Crippen LogP contribution in [-0.4, -0.2) is 35.7 Å². The minimum atomic E-state index is -0.794. The van der Waals surface area contributed by atoms with Gasteiger partial charge in [-0.2, -0.15) is 0 Å². The number of methoxy groups -OCH3 is 1. The van der Waals surface area contributed by atoms with E-state index >= 15 is 0 Å². The molecule has 0 saturated carbocycles. The van der Waals surface area contributed by atoms with Crippen molar-refractivity contribution in [2.45, 2.75) is 32.9 Å². The number of nitrogens with zero attached hydrogens (tertiary/aromatic N) is 1. The summed E-state index contributed by atoms with van der Waals surface area (Å²) < 4.78 is 5.30. The molecule has 0 saturated heterocycles. The van der Waals surface area contributed by atoms with Gasteiger partial charge in [-0.3, -0.25) is 9.69 Å². The van der Waals surface area contributed by atoms with Crippen LogP contribution < -0.4 is 4.74 Å². The molecule has 0 bridgehead atoms. The van der Waals surface area contributed by atoms with Gasteiger partial charge in [0.2, 0.25) is 0 Å². The Kier molecular flexibility index (Phi) is 6.12. The van der Waals surface area contributed by atoms with Crippen LogP contribution in [0.15, 0.2) is 18.2 Å². The van der Waals surface area contributed by atoms with Crippen molar-refractivity contribution < 1.29 is 14.6 Å². The molecule has 0 aliphatic rings. The Morgan fingerprint density at radius 2 is 2.21 bits per heavy atom. The maximum atomic E-state index is 10.8. The van der Waals surface area contributed by atoms with Crippen molar-refractivity contribution in [3.05, 3.63) is 28.8 Å². The van der Waals surface area contributed by atoms with Crippen LogP contribution in [-0.2, 0) is 11.3 Å². The van der Waals surface area contributed by atoms with Gasteiger partial charge in [-0.05, 0) is 25.6 Å². The molecule has 1 rings (SSSR count). The summed E-state index contributed by atoms with van der Waals surface area (Å²) in [5.41, 5.74) is 0.894. The van der Waals surface area contributed by atoms with Gasteiger partial charge in [0.15, 0.2) is 0 Å². The molecule has 5 heteroatoms. The van der Waals surface area contributed by atoms with Crippen LogP contribution in [0.25, 0.3) is 0 Å². The van der Waals surface area contributed by atoms with Gasteiger partial charge in [0.05, 0.1) is 13.5 Å². The number of carboxylic acid groups (broad SMARTS) is 1. The zero-order valence-corrected chi connectivity index (χ0v) is 12.3. The summed E-state index contributed by atoms with van der Waals surface area (Å²) in [6, 6.07) is 5.46. The number of rotatable bonds is 7. The zero-order chi connectivity index (χ0) is 14.4. The van der Waals surface area contributed by atoms with E-state index in [2.05, 4.69) is 4.90 Å². The molecule has 0 aliphatic carbocycles. The van der Waals surface area contributed by atoms with Gasteiger partial charge in [0.25, 0.3) is 0 Å². The topological polar surface area (TPSA) is 49.8 Å². The third-order valence-corrected chi connectivity index (χ3v) is 3.51. The van der Waals surface area contributed by atoms with E-state index in [-0.39, 0.29) is 12.5 Å². The first kappa shape index (κ1) is 15.8. The van der Waals surface area contributed by atoms with Crippen molar-refractivity contribution in [2.75, 3.05) is 13.7 Å². The highest BCUT2D eigenvalue weighted by atomic mass is 35.5. The molecule has 106 valence electrons. The zero-order valence-electron chi connectivity index (χ0n) is 11.5. The smallest absolute Gasteiger partial charge is 0.304 e. The first-order valence-electron chi connectivity index (χ1n) is 6.26. The number of carboxylic acids is 1. The molecule has 1 aromatic rings. The molecule has 1 aromatic carbocycles. The number of aliphatic carboxylic acids is 1. The summed E-state index contributed by atoms with van der Waals surface area (Å²) in [5.74, 6) is -0.0643.